The molecular weight excluding hydrogens is 286 g/mol. The second kappa shape index (κ2) is 6.20. The van der Waals surface area contributed by atoms with Gasteiger partial charge in [-0.3, -0.25) is 4.79 Å². The van der Waals surface area contributed by atoms with Gasteiger partial charge in [-0.15, -0.1) is 5.10 Å². The zero-order valence-electron chi connectivity index (χ0n) is 12.7. The lowest BCUT2D eigenvalue weighted by Gasteiger charge is -2.33. The first-order valence-corrected chi connectivity index (χ1v) is 7.49. The van der Waals surface area contributed by atoms with E-state index in [4.69, 9.17) is 4.52 Å². The Hall–Kier alpha value is -2.32. The standard InChI is InChI=1S/C13H19N7O2/c1-9(2)12-15-13(22-16-12)10-5-3-4-6-20(10)11(21)7-19-8-14-17-18-19/h8-10H,3-7H2,1-2H3/t10-/m0/s1. The van der Waals surface area contributed by atoms with Gasteiger partial charge in [0.15, 0.2) is 5.82 Å². The number of hydrogen-bond donors (Lipinski definition) is 0. The minimum Gasteiger partial charge on any atom is -0.337 e. The predicted octanol–water partition coefficient (Wildman–Crippen LogP) is 0.933. The molecule has 1 fully saturated rings. The van der Waals surface area contributed by atoms with Crippen molar-refractivity contribution >= 4 is 5.91 Å². The Labute approximate surface area is 127 Å². The van der Waals surface area contributed by atoms with Crippen LogP contribution in [-0.2, 0) is 11.3 Å². The maximum Gasteiger partial charge on any atom is 0.249 e. The molecule has 3 heterocycles. The monoisotopic (exact) mass is 305 g/mol. The molecule has 1 amide bonds. The molecule has 9 nitrogen and oxygen atoms in total. The molecule has 9 heteroatoms. The maximum absolute atomic E-state index is 12.5. The van der Waals surface area contributed by atoms with Gasteiger partial charge in [0.2, 0.25) is 11.8 Å². The lowest BCUT2D eigenvalue weighted by atomic mass is 10.0. The number of piperidine rings is 1. The number of carbonyl (C=O) groups excluding carboxylic acids is 1. The van der Waals surface area contributed by atoms with Gasteiger partial charge in [0.25, 0.3) is 0 Å². The second-order valence-electron chi connectivity index (χ2n) is 5.75. The molecule has 22 heavy (non-hydrogen) atoms. The van der Waals surface area contributed by atoms with Gasteiger partial charge in [-0.05, 0) is 29.7 Å². The molecule has 1 saturated heterocycles. The fraction of sp³-hybridized carbons (Fsp3) is 0.692. The van der Waals surface area contributed by atoms with Crippen LogP contribution in [0.2, 0.25) is 0 Å². The van der Waals surface area contributed by atoms with E-state index in [1.165, 1.54) is 11.0 Å². The fourth-order valence-electron chi connectivity index (χ4n) is 2.59. The molecule has 0 aliphatic carbocycles. The Balaban J connectivity index is 1.76. The smallest absolute Gasteiger partial charge is 0.249 e. The molecule has 0 spiro atoms. The lowest BCUT2D eigenvalue weighted by molar-refractivity contribution is -0.136. The van der Waals surface area contributed by atoms with Crippen molar-refractivity contribution in [3.05, 3.63) is 18.0 Å². The summed E-state index contributed by atoms with van der Waals surface area (Å²) in [7, 11) is 0. The summed E-state index contributed by atoms with van der Waals surface area (Å²) in [4.78, 5) is 18.7. The molecule has 0 bridgehead atoms. The molecule has 0 saturated carbocycles. The predicted molar refractivity (Wildman–Crippen MR) is 74.5 cm³/mol. The van der Waals surface area contributed by atoms with Gasteiger partial charge in [-0.2, -0.15) is 4.98 Å². The number of tetrazole rings is 1. The fourth-order valence-corrected chi connectivity index (χ4v) is 2.59. The molecular formula is C13H19N7O2. The molecule has 2 aromatic rings. The zero-order chi connectivity index (χ0) is 15.5. The van der Waals surface area contributed by atoms with Crippen molar-refractivity contribution in [3.63, 3.8) is 0 Å². The summed E-state index contributed by atoms with van der Waals surface area (Å²) in [5.41, 5.74) is 0. The second-order valence-corrected chi connectivity index (χ2v) is 5.75. The van der Waals surface area contributed by atoms with Gasteiger partial charge < -0.3 is 9.42 Å². The Bertz CT molecular complexity index is 622. The van der Waals surface area contributed by atoms with Crippen molar-refractivity contribution in [1.82, 2.24) is 35.2 Å². The van der Waals surface area contributed by atoms with Crippen molar-refractivity contribution in [2.24, 2.45) is 0 Å². The number of aromatic nitrogens is 6. The van der Waals surface area contributed by atoms with E-state index in [2.05, 4.69) is 25.7 Å². The van der Waals surface area contributed by atoms with Gasteiger partial charge in [0.1, 0.15) is 18.9 Å². The highest BCUT2D eigenvalue weighted by Crippen LogP contribution is 2.30. The van der Waals surface area contributed by atoms with E-state index in [1.807, 2.05) is 13.8 Å². The van der Waals surface area contributed by atoms with E-state index in [0.29, 0.717) is 18.3 Å². The van der Waals surface area contributed by atoms with Crippen LogP contribution in [0.1, 0.15) is 56.8 Å². The highest BCUT2D eigenvalue weighted by atomic mass is 16.5. The van der Waals surface area contributed by atoms with E-state index in [0.717, 1.165) is 19.3 Å². The summed E-state index contributed by atoms with van der Waals surface area (Å²) in [6, 6.07) is -0.155. The van der Waals surface area contributed by atoms with Crippen LogP contribution in [0.5, 0.6) is 0 Å². The first-order chi connectivity index (χ1) is 10.6. The van der Waals surface area contributed by atoms with Crippen molar-refractivity contribution in [2.75, 3.05) is 6.54 Å². The number of nitrogens with zero attached hydrogens (tertiary/aromatic N) is 7. The van der Waals surface area contributed by atoms with Crippen LogP contribution >= 0.6 is 0 Å². The van der Waals surface area contributed by atoms with Crippen molar-refractivity contribution in [2.45, 2.75) is 51.6 Å². The van der Waals surface area contributed by atoms with E-state index in [1.54, 1.807) is 4.90 Å². The van der Waals surface area contributed by atoms with Crippen molar-refractivity contribution in [3.8, 4) is 0 Å². The maximum atomic E-state index is 12.5. The highest BCUT2D eigenvalue weighted by molar-refractivity contribution is 5.76. The zero-order valence-corrected chi connectivity index (χ0v) is 12.7. The van der Waals surface area contributed by atoms with Gasteiger partial charge >= 0.3 is 0 Å². The summed E-state index contributed by atoms with van der Waals surface area (Å²) >= 11 is 0. The van der Waals surface area contributed by atoms with Gasteiger partial charge in [-0.25, -0.2) is 4.68 Å². The van der Waals surface area contributed by atoms with Crippen molar-refractivity contribution in [1.29, 1.82) is 0 Å². The Morgan fingerprint density at radius 1 is 1.45 bits per heavy atom. The quantitative estimate of drug-likeness (QED) is 0.827. The number of hydrogen-bond acceptors (Lipinski definition) is 7. The normalized spacial score (nSPS) is 18.9. The molecule has 3 rings (SSSR count). The molecule has 1 atom stereocenters. The molecule has 118 valence electrons. The summed E-state index contributed by atoms with van der Waals surface area (Å²) in [5.74, 6) is 1.36. The molecule has 2 aromatic heterocycles. The molecule has 1 aliphatic rings. The van der Waals surface area contributed by atoms with Crippen LogP contribution in [0.25, 0.3) is 0 Å². The van der Waals surface area contributed by atoms with Crippen LogP contribution in [0.3, 0.4) is 0 Å². The summed E-state index contributed by atoms with van der Waals surface area (Å²) in [5, 5.41) is 14.8. The SMILES string of the molecule is CC(C)c1noc([C@@H]2CCCCN2C(=O)Cn2cnnn2)n1. The van der Waals surface area contributed by atoms with Gasteiger partial charge in [0.05, 0.1) is 0 Å². The third-order valence-corrected chi connectivity index (χ3v) is 3.77. The first kappa shape index (κ1) is 14.6. The van der Waals surface area contributed by atoms with E-state index in [9.17, 15) is 4.79 Å². The van der Waals surface area contributed by atoms with Crippen LogP contribution < -0.4 is 0 Å². The number of likely N-dealkylation sites (tertiary alicyclic amines) is 1. The minimum atomic E-state index is -0.155. The topological polar surface area (TPSA) is 103 Å². The van der Waals surface area contributed by atoms with E-state index in [-0.39, 0.29) is 24.4 Å². The average molecular weight is 305 g/mol. The summed E-state index contributed by atoms with van der Waals surface area (Å²) in [6.07, 6.45) is 4.28. The van der Waals surface area contributed by atoms with Crippen molar-refractivity contribution < 1.29 is 9.32 Å². The van der Waals surface area contributed by atoms with E-state index < -0.39 is 0 Å². The third kappa shape index (κ3) is 2.97. The summed E-state index contributed by atoms with van der Waals surface area (Å²) < 4.78 is 6.80. The number of amides is 1. The largest absolute Gasteiger partial charge is 0.337 e. The minimum absolute atomic E-state index is 0.0405. The van der Waals surface area contributed by atoms with Crippen LogP contribution in [-0.4, -0.2) is 47.7 Å². The average Bonchev–Trinajstić information content (AvgIpc) is 3.18. The van der Waals surface area contributed by atoms with Crippen LogP contribution in [0.15, 0.2) is 10.9 Å². The van der Waals surface area contributed by atoms with Gasteiger partial charge in [-0.1, -0.05) is 19.0 Å². The number of rotatable bonds is 4. The van der Waals surface area contributed by atoms with Crippen LogP contribution in [0, 0.1) is 0 Å². The summed E-state index contributed by atoms with van der Waals surface area (Å²) in [6.45, 7) is 4.83. The highest BCUT2D eigenvalue weighted by Gasteiger charge is 2.32. The third-order valence-electron chi connectivity index (χ3n) is 3.77. The lowest BCUT2D eigenvalue weighted by Crippen LogP contribution is -2.40. The number of carbonyl (C=O) groups is 1. The Morgan fingerprint density at radius 3 is 3.00 bits per heavy atom. The molecule has 0 N–H and O–H groups in total. The molecule has 0 unspecified atom stereocenters. The first-order valence-electron chi connectivity index (χ1n) is 7.49. The Morgan fingerprint density at radius 2 is 2.32 bits per heavy atom. The van der Waals surface area contributed by atoms with E-state index >= 15 is 0 Å². The molecule has 1 aliphatic heterocycles. The van der Waals surface area contributed by atoms with Gasteiger partial charge in [0, 0.05) is 12.5 Å². The molecule has 0 radical (unpaired) electrons. The Kier molecular flexibility index (Phi) is 4.12. The molecule has 0 aromatic carbocycles. The van der Waals surface area contributed by atoms with Crippen LogP contribution in [0.4, 0.5) is 0 Å².